The molecule has 0 saturated heterocycles. The largest absolute Gasteiger partial charge is 0.450 e. The van der Waals surface area contributed by atoms with Gasteiger partial charge in [-0.3, -0.25) is 0 Å². The van der Waals surface area contributed by atoms with Crippen molar-refractivity contribution in [3.63, 3.8) is 0 Å². The zero-order valence-corrected chi connectivity index (χ0v) is 14.2. The quantitative estimate of drug-likeness (QED) is 0.579. The summed E-state index contributed by atoms with van der Waals surface area (Å²) in [5.41, 5.74) is 1.70. The molecule has 24 heavy (non-hydrogen) atoms. The van der Waals surface area contributed by atoms with E-state index >= 15 is 0 Å². The summed E-state index contributed by atoms with van der Waals surface area (Å²) in [6.45, 7) is 6.53. The van der Waals surface area contributed by atoms with Crippen molar-refractivity contribution in [2.45, 2.75) is 39.0 Å². The van der Waals surface area contributed by atoms with Crippen LogP contribution in [0.4, 0.5) is 11.5 Å². The number of benzene rings is 1. The molecule has 1 aromatic heterocycles. The van der Waals surface area contributed by atoms with Crippen LogP contribution >= 0.6 is 0 Å². The Kier molecular flexibility index (Phi) is 5.15. The molecule has 1 aromatic carbocycles. The highest BCUT2D eigenvalue weighted by Gasteiger charge is 2.19. The van der Waals surface area contributed by atoms with E-state index in [0.717, 1.165) is 30.9 Å². The first-order valence-electron chi connectivity index (χ1n) is 8.56. The fraction of sp³-hybridized carbons (Fsp3) is 0.444. The number of H-pyrrole nitrogens is 1. The predicted molar refractivity (Wildman–Crippen MR) is 95.5 cm³/mol. The van der Waals surface area contributed by atoms with Gasteiger partial charge in [-0.2, -0.15) is 4.98 Å². The molecule has 1 unspecified atom stereocenters. The number of aromatic nitrogens is 2. The van der Waals surface area contributed by atoms with Crippen molar-refractivity contribution in [1.29, 1.82) is 0 Å². The zero-order chi connectivity index (χ0) is 16.9. The average molecular weight is 328 g/mol. The highest BCUT2D eigenvalue weighted by Crippen LogP contribution is 2.41. The molecule has 0 spiro atoms. The minimum Gasteiger partial charge on any atom is -0.450 e. The van der Waals surface area contributed by atoms with E-state index < -0.39 is 5.69 Å². The minimum atomic E-state index is -0.393. The summed E-state index contributed by atoms with van der Waals surface area (Å²) < 4.78 is 5.79. The molecule has 2 heterocycles. The van der Waals surface area contributed by atoms with E-state index in [1.165, 1.54) is 24.6 Å². The molecule has 0 amide bonds. The van der Waals surface area contributed by atoms with E-state index in [-0.39, 0.29) is 0 Å². The van der Waals surface area contributed by atoms with Gasteiger partial charge in [0.05, 0.1) is 11.9 Å². The first-order valence-corrected chi connectivity index (χ1v) is 8.56. The van der Waals surface area contributed by atoms with Gasteiger partial charge in [0.2, 0.25) is 0 Å². The Balaban J connectivity index is 1.66. The van der Waals surface area contributed by atoms with Crippen LogP contribution in [0.3, 0.4) is 0 Å². The highest BCUT2D eigenvalue weighted by atomic mass is 16.5. The van der Waals surface area contributed by atoms with Gasteiger partial charge in [-0.25, -0.2) is 4.79 Å². The average Bonchev–Trinajstić information content (AvgIpc) is 2.59. The SMILES string of the molecule is CCCCNCCC(C)c1ccc2c(c1)Nc1nc(=O)[nH]cc1O2. The molecule has 0 radical (unpaired) electrons. The molecule has 6 heteroatoms. The lowest BCUT2D eigenvalue weighted by atomic mass is 9.97. The number of nitrogens with one attached hydrogen (secondary N) is 3. The molecule has 0 bridgehead atoms. The maximum atomic E-state index is 11.4. The number of fused-ring (bicyclic) bond motifs is 2. The number of unbranched alkanes of at least 4 members (excludes halogenated alkanes) is 1. The van der Waals surface area contributed by atoms with E-state index in [2.05, 4.69) is 46.6 Å². The number of hydrogen-bond acceptors (Lipinski definition) is 5. The van der Waals surface area contributed by atoms with Crippen LogP contribution in [0.15, 0.2) is 29.2 Å². The zero-order valence-electron chi connectivity index (χ0n) is 14.2. The van der Waals surface area contributed by atoms with Crippen LogP contribution in [-0.4, -0.2) is 23.1 Å². The summed E-state index contributed by atoms with van der Waals surface area (Å²) in [6.07, 6.45) is 5.05. The Bertz CT molecular complexity index is 757. The van der Waals surface area contributed by atoms with Crippen molar-refractivity contribution in [1.82, 2.24) is 15.3 Å². The topological polar surface area (TPSA) is 79.0 Å². The van der Waals surface area contributed by atoms with Crippen LogP contribution in [0.25, 0.3) is 0 Å². The Labute approximate surface area is 141 Å². The summed E-state index contributed by atoms with van der Waals surface area (Å²) in [6, 6.07) is 6.14. The van der Waals surface area contributed by atoms with Gasteiger partial charge in [-0.1, -0.05) is 26.3 Å². The number of aromatic amines is 1. The fourth-order valence-electron chi connectivity index (χ4n) is 2.75. The summed E-state index contributed by atoms with van der Waals surface area (Å²) in [4.78, 5) is 17.8. The van der Waals surface area contributed by atoms with Crippen molar-refractivity contribution in [3.05, 3.63) is 40.4 Å². The van der Waals surface area contributed by atoms with Crippen molar-refractivity contribution < 1.29 is 4.74 Å². The smallest absolute Gasteiger partial charge is 0.347 e. The van der Waals surface area contributed by atoms with E-state index in [9.17, 15) is 4.79 Å². The first-order chi connectivity index (χ1) is 11.7. The van der Waals surface area contributed by atoms with Gasteiger partial charge in [0.1, 0.15) is 0 Å². The number of ether oxygens (including phenoxy) is 1. The van der Waals surface area contributed by atoms with Gasteiger partial charge >= 0.3 is 5.69 Å². The molecular weight excluding hydrogens is 304 g/mol. The van der Waals surface area contributed by atoms with Crippen LogP contribution in [0.1, 0.15) is 44.6 Å². The third kappa shape index (κ3) is 3.76. The van der Waals surface area contributed by atoms with Crippen LogP contribution in [-0.2, 0) is 0 Å². The van der Waals surface area contributed by atoms with Crippen molar-refractivity contribution in [2.75, 3.05) is 18.4 Å². The summed E-state index contributed by atoms with van der Waals surface area (Å²) in [5.74, 6) is 2.17. The Morgan fingerprint density at radius 2 is 2.17 bits per heavy atom. The van der Waals surface area contributed by atoms with E-state index in [1.54, 1.807) is 0 Å². The highest BCUT2D eigenvalue weighted by molar-refractivity contribution is 5.72. The molecule has 128 valence electrons. The number of rotatable bonds is 7. The van der Waals surface area contributed by atoms with Gasteiger partial charge in [-0.15, -0.1) is 0 Å². The third-order valence-electron chi connectivity index (χ3n) is 4.28. The third-order valence-corrected chi connectivity index (χ3v) is 4.28. The van der Waals surface area contributed by atoms with Gasteiger partial charge in [-0.05, 0) is 49.5 Å². The molecule has 0 saturated carbocycles. The molecule has 3 rings (SSSR count). The van der Waals surface area contributed by atoms with E-state index in [1.807, 2.05) is 6.07 Å². The van der Waals surface area contributed by atoms with Crippen LogP contribution in [0.5, 0.6) is 11.5 Å². The van der Waals surface area contributed by atoms with E-state index in [0.29, 0.717) is 17.5 Å². The molecule has 1 atom stereocenters. The van der Waals surface area contributed by atoms with Crippen molar-refractivity contribution >= 4 is 11.5 Å². The number of anilines is 2. The lowest BCUT2D eigenvalue weighted by Gasteiger charge is -2.22. The number of hydrogen-bond donors (Lipinski definition) is 3. The molecule has 2 aromatic rings. The molecular formula is C18H24N4O2. The number of nitrogens with zero attached hydrogens (tertiary/aromatic N) is 1. The molecule has 0 fully saturated rings. The summed E-state index contributed by atoms with van der Waals surface area (Å²) in [5, 5.41) is 6.67. The van der Waals surface area contributed by atoms with Gasteiger partial charge in [0, 0.05) is 0 Å². The standard InChI is InChI=1S/C18H24N4O2/c1-3-4-8-19-9-7-12(2)13-5-6-15-14(10-13)21-17-16(24-15)11-20-18(23)22-17/h5-6,10-12,19H,3-4,7-9H2,1-2H3,(H2,20,21,22,23). The molecule has 3 N–H and O–H groups in total. The van der Waals surface area contributed by atoms with Crippen LogP contribution in [0.2, 0.25) is 0 Å². The van der Waals surface area contributed by atoms with E-state index in [4.69, 9.17) is 4.74 Å². The van der Waals surface area contributed by atoms with Crippen molar-refractivity contribution in [2.24, 2.45) is 0 Å². The second kappa shape index (κ2) is 7.49. The monoisotopic (exact) mass is 328 g/mol. The normalized spacial score (nSPS) is 13.4. The molecule has 1 aliphatic rings. The molecule has 6 nitrogen and oxygen atoms in total. The van der Waals surface area contributed by atoms with Crippen LogP contribution in [0, 0.1) is 0 Å². The predicted octanol–water partition coefficient (Wildman–Crippen LogP) is 3.50. The fourth-order valence-corrected chi connectivity index (χ4v) is 2.75. The van der Waals surface area contributed by atoms with Gasteiger partial charge in [0.15, 0.2) is 17.3 Å². The lowest BCUT2D eigenvalue weighted by molar-refractivity contribution is 0.474. The maximum Gasteiger partial charge on any atom is 0.347 e. The van der Waals surface area contributed by atoms with Gasteiger partial charge in [0.25, 0.3) is 0 Å². The molecule has 0 aliphatic carbocycles. The minimum absolute atomic E-state index is 0.393. The second-order valence-corrected chi connectivity index (χ2v) is 6.19. The van der Waals surface area contributed by atoms with Crippen molar-refractivity contribution in [3.8, 4) is 11.5 Å². The Morgan fingerprint density at radius 1 is 1.29 bits per heavy atom. The first kappa shape index (κ1) is 16.5. The lowest BCUT2D eigenvalue weighted by Crippen LogP contribution is -2.18. The second-order valence-electron chi connectivity index (χ2n) is 6.19. The maximum absolute atomic E-state index is 11.4. The Hall–Kier alpha value is -2.34. The summed E-state index contributed by atoms with van der Waals surface area (Å²) >= 11 is 0. The van der Waals surface area contributed by atoms with Crippen LogP contribution < -0.4 is 21.1 Å². The Morgan fingerprint density at radius 3 is 3.00 bits per heavy atom. The summed E-state index contributed by atoms with van der Waals surface area (Å²) in [7, 11) is 0. The molecule has 1 aliphatic heterocycles. The van der Waals surface area contributed by atoms with Gasteiger partial charge < -0.3 is 20.4 Å².